The van der Waals surface area contributed by atoms with Crippen LogP contribution in [0.3, 0.4) is 0 Å². The molecule has 0 atom stereocenters. The number of aromatic amines is 1. The molecule has 2 rings (SSSR count). The molecule has 4 heteroatoms. The first-order chi connectivity index (χ1) is 7.29. The molecule has 1 fully saturated rings. The molecule has 0 aromatic carbocycles. The summed E-state index contributed by atoms with van der Waals surface area (Å²) in [5.41, 5.74) is 1.01. The molecule has 0 bridgehead atoms. The second kappa shape index (κ2) is 4.57. The molecule has 0 radical (unpaired) electrons. The number of nitrogens with zero attached hydrogens (tertiary/aromatic N) is 3. The molecular formula is C11H18N4. The summed E-state index contributed by atoms with van der Waals surface area (Å²) >= 11 is 0. The summed E-state index contributed by atoms with van der Waals surface area (Å²) < 4.78 is 0. The number of H-pyrrole nitrogens is 1. The first kappa shape index (κ1) is 10.4. The molecule has 0 saturated carbocycles. The summed E-state index contributed by atoms with van der Waals surface area (Å²) in [5, 5.41) is 0. The highest BCUT2D eigenvalue weighted by Crippen LogP contribution is 2.24. The average Bonchev–Trinajstić information content (AvgIpc) is 2.68. The Hall–Kier alpha value is -1.16. The third-order valence-electron chi connectivity index (χ3n) is 2.99. The molecule has 1 aliphatic rings. The van der Waals surface area contributed by atoms with Crippen LogP contribution < -0.4 is 0 Å². The van der Waals surface area contributed by atoms with Crippen molar-refractivity contribution in [2.75, 3.05) is 27.2 Å². The van der Waals surface area contributed by atoms with Crippen LogP contribution in [0.2, 0.25) is 0 Å². The normalized spacial score (nSPS) is 20.1. The van der Waals surface area contributed by atoms with E-state index in [9.17, 15) is 0 Å². The van der Waals surface area contributed by atoms with Gasteiger partial charge in [-0.1, -0.05) is 0 Å². The number of likely N-dealkylation sites (tertiary alicyclic amines) is 1. The van der Waals surface area contributed by atoms with Gasteiger partial charge in [-0.15, -0.1) is 0 Å². The minimum absolute atomic E-state index is 0.597. The highest BCUT2D eigenvalue weighted by Gasteiger charge is 2.20. The van der Waals surface area contributed by atoms with Gasteiger partial charge in [0.25, 0.3) is 0 Å². The van der Waals surface area contributed by atoms with Crippen LogP contribution in [0, 0.1) is 0 Å². The van der Waals surface area contributed by atoms with E-state index in [4.69, 9.17) is 0 Å². The SMILES string of the molecule is CN=Cc1cnc(C2CCN(C)CC2)[nH]1. The van der Waals surface area contributed by atoms with E-state index < -0.39 is 0 Å². The Kier molecular flexibility index (Phi) is 3.16. The van der Waals surface area contributed by atoms with Gasteiger partial charge < -0.3 is 9.88 Å². The van der Waals surface area contributed by atoms with Gasteiger partial charge in [0, 0.05) is 19.2 Å². The Balaban J connectivity index is 2.03. The monoisotopic (exact) mass is 206 g/mol. The Morgan fingerprint density at radius 3 is 2.93 bits per heavy atom. The lowest BCUT2D eigenvalue weighted by molar-refractivity contribution is 0.251. The summed E-state index contributed by atoms with van der Waals surface area (Å²) in [5.74, 6) is 1.72. The molecule has 1 saturated heterocycles. The Morgan fingerprint density at radius 1 is 1.53 bits per heavy atom. The predicted molar refractivity (Wildman–Crippen MR) is 61.6 cm³/mol. The van der Waals surface area contributed by atoms with Gasteiger partial charge in [-0.2, -0.15) is 0 Å². The lowest BCUT2D eigenvalue weighted by Gasteiger charge is -2.27. The topological polar surface area (TPSA) is 44.3 Å². The minimum atomic E-state index is 0.597. The molecular weight excluding hydrogens is 188 g/mol. The van der Waals surface area contributed by atoms with Crippen molar-refractivity contribution in [1.82, 2.24) is 14.9 Å². The Labute approximate surface area is 90.4 Å². The van der Waals surface area contributed by atoms with Crippen LogP contribution in [0.4, 0.5) is 0 Å². The van der Waals surface area contributed by atoms with E-state index in [0.29, 0.717) is 5.92 Å². The molecule has 0 unspecified atom stereocenters. The lowest BCUT2D eigenvalue weighted by Crippen LogP contribution is -2.29. The molecule has 1 aromatic heterocycles. The van der Waals surface area contributed by atoms with Gasteiger partial charge >= 0.3 is 0 Å². The number of hydrogen-bond acceptors (Lipinski definition) is 3. The molecule has 0 spiro atoms. The van der Waals surface area contributed by atoms with Crippen molar-refractivity contribution in [3.8, 4) is 0 Å². The summed E-state index contributed by atoms with van der Waals surface area (Å²) in [4.78, 5) is 14.1. The molecule has 0 aliphatic carbocycles. The summed E-state index contributed by atoms with van der Waals surface area (Å²) in [7, 11) is 3.95. The minimum Gasteiger partial charge on any atom is -0.341 e. The van der Waals surface area contributed by atoms with E-state index >= 15 is 0 Å². The largest absolute Gasteiger partial charge is 0.341 e. The van der Waals surface area contributed by atoms with E-state index in [1.165, 1.54) is 25.9 Å². The van der Waals surface area contributed by atoms with Crippen molar-refractivity contribution in [1.29, 1.82) is 0 Å². The molecule has 0 amide bonds. The molecule has 82 valence electrons. The van der Waals surface area contributed by atoms with Gasteiger partial charge in [0.15, 0.2) is 0 Å². The molecule has 1 aliphatic heterocycles. The fourth-order valence-corrected chi connectivity index (χ4v) is 2.05. The highest BCUT2D eigenvalue weighted by atomic mass is 15.1. The first-order valence-electron chi connectivity index (χ1n) is 5.45. The van der Waals surface area contributed by atoms with E-state index in [0.717, 1.165) is 11.5 Å². The standard InChI is InChI=1S/C11H18N4/c1-12-7-10-8-13-11(14-10)9-3-5-15(2)6-4-9/h7-9H,3-6H2,1-2H3,(H,13,14). The Morgan fingerprint density at radius 2 is 2.27 bits per heavy atom. The van der Waals surface area contributed by atoms with Gasteiger partial charge in [0.1, 0.15) is 5.82 Å². The van der Waals surface area contributed by atoms with Crippen molar-refractivity contribution < 1.29 is 0 Å². The van der Waals surface area contributed by atoms with Gasteiger partial charge in [-0.05, 0) is 33.0 Å². The van der Waals surface area contributed by atoms with Gasteiger partial charge in [-0.3, -0.25) is 4.99 Å². The number of piperidine rings is 1. The van der Waals surface area contributed by atoms with Crippen molar-refractivity contribution in [2.24, 2.45) is 4.99 Å². The van der Waals surface area contributed by atoms with E-state index in [1.807, 2.05) is 12.4 Å². The summed E-state index contributed by atoms with van der Waals surface area (Å²) in [6.45, 7) is 2.34. The highest BCUT2D eigenvalue weighted by molar-refractivity contribution is 5.76. The van der Waals surface area contributed by atoms with Crippen LogP contribution >= 0.6 is 0 Å². The second-order valence-corrected chi connectivity index (χ2v) is 4.19. The predicted octanol–water partition coefficient (Wildman–Crippen LogP) is 1.27. The average molecular weight is 206 g/mol. The summed E-state index contributed by atoms with van der Waals surface area (Å²) in [6.07, 6.45) is 6.07. The molecule has 1 aromatic rings. The number of hydrogen-bond donors (Lipinski definition) is 1. The molecule has 2 heterocycles. The number of rotatable bonds is 2. The quantitative estimate of drug-likeness (QED) is 0.740. The molecule has 1 N–H and O–H groups in total. The molecule has 15 heavy (non-hydrogen) atoms. The van der Waals surface area contributed by atoms with Gasteiger partial charge in [-0.25, -0.2) is 4.98 Å². The van der Waals surface area contributed by atoms with Crippen LogP contribution in [0.5, 0.6) is 0 Å². The number of nitrogens with one attached hydrogen (secondary N) is 1. The maximum atomic E-state index is 4.42. The number of imidazole rings is 1. The number of aliphatic imine (C=N–C) groups is 1. The molecule has 4 nitrogen and oxygen atoms in total. The first-order valence-corrected chi connectivity index (χ1v) is 5.45. The fraction of sp³-hybridized carbons (Fsp3) is 0.636. The van der Waals surface area contributed by atoms with E-state index in [-0.39, 0.29) is 0 Å². The van der Waals surface area contributed by atoms with Crippen molar-refractivity contribution in [3.63, 3.8) is 0 Å². The smallest absolute Gasteiger partial charge is 0.109 e. The van der Waals surface area contributed by atoms with Crippen LogP contribution in [0.1, 0.15) is 30.3 Å². The maximum Gasteiger partial charge on any atom is 0.109 e. The van der Waals surface area contributed by atoms with Crippen molar-refractivity contribution in [3.05, 3.63) is 17.7 Å². The Bertz CT molecular complexity index is 334. The summed E-state index contributed by atoms with van der Waals surface area (Å²) in [6, 6.07) is 0. The van der Waals surface area contributed by atoms with Crippen LogP contribution in [-0.4, -0.2) is 48.3 Å². The van der Waals surface area contributed by atoms with Gasteiger partial charge in [0.05, 0.1) is 11.9 Å². The lowest BCUT2D eigenvalue weighted by atomic mass is 9.97. The third kappa shape index (κ3) is 2.45. The zero-order chi connectivity index (χ0) is 10.7. The second-order valence-electron chi connectivity index (χ2n) is 4.19. The maximum absolute atomic E-state index is 4.42. The van der Waals surface area contributed by atoms with Crippen molar-refractivity contribution >= 4 is 6.21 Å². The number of aromatic nitrogens is 2. The third-order valence-corrected chi connectivity index (χ3v) is 2.99. The fourth-order valence-electron chi connectivity index (χ4n) is 2.05. The van der Waals surface area contributed by atoms with Crippen molar-refractivity contribution in [2.45, 2.75) is 18.8 Å². The van der Waals surface area contributed by atoms with Crippen LogP contribution in [0.25, 0.3) is 0 Å². The van der Waals surface area contributed by atoms with Gasteiger partial charge in [0.2, 0.25) is 0 Å². The van der Waals surface area contributed by atoms with Crippen LogP contribution in [0.15, 0.2) is 11.2 Å². The zero-order valence-electron chi connectivity index (χ0n) is 9.40. The van der Waals surface area contributed by atoms with E-state index in [1.54, 1.807) is 7.05 Å². The zero-order valence-corrected chi connectivity index (χ0v) is 9.40. The van der Waals surface area contributed by atoms with Crippen LogP contribution in [-0.2, 0) is 0 Å². The van der Waals surface area contributed by atoms with E-state index in [2.05, 4.69) is 26.9 Å².